The Kier molecular flexibility index (Phi) is 4.97. The second-order valence-electron chi connectivity index (χ2n) is 6.77. The Balaban J connectivity index is 1.80. The van der Waals surface area contributed by atoms with Gasteiger partial charge >= 0.3 is 12.0 Å². The first-order valence-corrected chi connectivity index (χ1v) is 8.54. The lowest BCUT2D eigenvalue weighted by Crippen LogP contribution is -2.47. The van der Waals surface area contributed by atoms with E-state index < -0.39 is 30.2 Å². The van der Waals surface area contributed by atoms with E-state index in [9.17, 15) is 19.5 Å². The standard InChI is InChI=1S/C18H23N3O5/c1-11-4-6-13(7-5-11)21-12(2)16(23)20(18(21)25)10-19-9-14(22)8-15(19)17(24)26-3/h4-7,12,14-15,22H,8-10H2,1-3H3/t12-,14+,15-/m0/s1. The van der Waals surface area contributed by atoms with E-state index in [1.807, 2.05) is 19.1 Å². The van der Waals surface area contributed by atoms with E-state index in [1.165, 1.54) is 12.0 Å². The molecule has 0 spiro atoms. The van der Waals surface area contributed by atoms with Gasteiger partial charge in [0.15, 0.2) is 0 Å². The van der Waals surface area contributed by atoms with Crippen LogP contribution in [0.5, 0.6) is 0 Å². The highest BCUT2D eigenvalue weighted by molar-refractivity contribution is 6.14. The Morgan fingerprint density at radius 3 is 2.54 bits per heavy atom. The second-order valence-corrected chi connectivity index (χ2v) is 6.77. The summed E-state index contributed by atoms with van der Waals surface area (Å²) in [5, 5.41) is 9.88. The van der Waals surface area contributed by atoms with E-state index >= 15 is 0 Å². The van der Waals surface area contributed by atoms with Crippen molar-refractivity contribution in [3.63, 3.8) is 0 Å². The van der Waals surface area contributed by atoms with Crippen LogP contribution in [0.2, 0.25) is 0 Å². The third-order valence-electron chi connectivity index (χ3n) is 4.94. The van der Waals surface area contributed by atoms with Crippen molar-refractivity contribution in [1.82, 2.24) is 9.80 Å². The van der Waals surface area contributed by atoms with Gasteiger partial charge in [0.1, 0.15) is 12.1 Å². The van der Waals surface area contributed by atoms with Gasteiger partial charge in [0.05, 0.1) is 19.9 Å². The minimum absolute atomic E-state index is 0.0544. The molecule has 2 fully saturated rings. The van der Waals surface area contributed by atoms with Crippen LogP contribution < -0.4 is 4.90 Å². The van der Waals surface area contributed by atoms with Crippen molar-refractivity contribution < 1.29 is 24.2 Å². The predicted molar refractivity (Wildman–Crippen MR) is 93.4 cm³/mol. The fourth-order valence-electron chi connectivity index (χ4n) is 3.49. The predicted octanol–water partition coefficient (Wildman–Crippen LogP) is 0.718. The summed E-state index contributed by atoms with van der Waals surface area (Å²) in [4.78, 5) is 41.6. The molecule has 2 aliphatic heterocycles. The number of esters is 1. The Morgan fingerprint density at radius 2 is 1.92 bits per heavy atom. The molecule has 1 aromatic rings. The van der Waals surface area contributed by atoms with E-state index in [1.54, 1.807) is 24.0 Å². The van der Waals surface area contributed by atoms with Crippen molar-refractivity contribution >= 4 is 23.6 Å². The van der Waals surface area contributed by atoms with Crippen LogP contribution in [0.3, 0.4) is 0 Å². The van der Waals surface area contributed by atoms with Gasteiger partial charge in [-0.3, -0.25) is 19.4 Å². The van der Waals surface area contributed by atoms with Crippen LogP contribution in [-0.4, -0.2) is 71.3 Å². The molecule has 0 saturated carbocycles. The number of methoxy groups -OCH3 is 1. The molecule has 0 bridgehead atoms. The van der Waals surface area contributed by atoms with E-state index in [-0.39, 0.29) is 25.5 Å². The highest BCUT2D eigenvalue weighted by Crippen LogP contribution is 2.28. The number of carbonyl (C=O) groups excluding carboxylic acids is 3. The summed E-state index contributed by atoms with van der Waals surface area (Å²) < 4.78 is 4.76. The molecule has 26 heavy (non-hydrogen) atoms. The quantitative estimate of drug-likeness (QED) is 0.628. The van der Waals surface area contributed by atoms with Gasteiger partial charge in [-0.1, -0.05) is 17.7 Å². The first-order chi connectivity index (χ1) is 12.3. The number of β-amino-alcohol motifs (C(OH)–C–C–N with tert-alkyl or cyclic N) is 1. The molecule has 2 heterocycles. The van der Waals surface area contributed by atoms with E-state index in [0.717, 1.165) is 10.5 Å². The van der Waals surface area contributed by atoms with Crippen LogP contribution in [-0.2, 0) is 14.3 Å². The fraction of sp³-hybridized carbons (Fsp3) is 0.500. The normalized spacial score (nSPS) is 26.7. The lowest BCUT2D eigenvalue weighted by Gasteiger charge is -2.26. The third-order valence-corrected chi connectivity index (χ3v) is 4.94. The van der Waals surface area contributed by atoms with Crippen molar-refractivity contribution in [2.24, 2.45) is 0 Å². The van der Waals surface area contributed by atoms with Gasteiger partial charge in [0, 0.05) is 18.7 Å². The van der Waals surface area contributed by atoms with Gasteiger partial charge in [0.2, 0.25) is 0 Å². The second kappa shape index (κ2) is 7.05. The Hall–Kier alpha value is -2.45. The summed E-state index contributed by atoms with van der Waals surface area (Å²) in [7, 11) is 1.28. The van der Waals surface area contributed by atoms with Crippen molar-refractivity contribution in [3.05, 3.63) is 29.8 Å². The average molecular weight is 361 g/mol. The number of aliphatic hydroxyl groups is 1. The van der Waals surface area contributed by atoms with E-state index in [4.69, 9.17) is 4.74 Å². The lowest BCUT2D eigenvalue weighted by atomic mass is 10.2. The minimum Gasteiger partial charge on any atom is -0.468 e. The number of nitrogens with zero attached hydrogens (tertiary/aromatic N) is 3. The molecule has 8 nitrogen and oxygen atoms in total. The maximum Gasteiger partial charge on any atom is 0.333 e. The number of aryl methyl sites for hydroxylation is 1. The number of carbonyl (C=O) groups is 3. The zero-order valence-electron chi connectivity index (χ0n) is 15.1. The first kappa shape index (κ1) is 18.3. The first-order valence-electron chi connectivity index (χ1n) is 8.54. The SMILES string of the molecule is COC(=O)[C@@H]1C[C@@H](O)CN1CN1C(=O)[C@H](C)N(c2ccc(C)cc2)C1=O. The van der Waals surface area contributed by atoms with Crippen molar-refractivity contribution in [2.75, 3.05) is 25.2 Å². The molecule has 3 amide bonds. The van der Waals surface area contributed by atoms with Crippen LogP contribution in [0.25, 0.3) is 0 Å². The molecule has 0 aromatic heterocycles. The number of hydrogen-bond acceptors (Lipinski definition) is 6. The van der Waals surface area contributed by atoms with Gasteiger partial charge in [-0.05, 0) is 26.0 Å². The molecular formula is C18H23N3O5. The number of ether oxygens (including phenoxy) is 1. The zero-order chi connectivity index (χ0) is 19.0. The number of benzene rings is 1. The number of rotatable bonds is 4. The van der Waals surface area contributed by atoms with E-state index in [0.29, 0.717) is 5.69 Å². The van der Waals surface area contributed by atoms with Crippen LogP contribution >= 0.6 is 0 Å². The van der Waals surface area contributed by atoms with Crippen molar-refractivity contribution in [2.45, 2.75) is 38.5 Å². The van der Waals surface area contributed by atoms with Crippen LogP contribution in [0.15, 0.2) is 24.3 Å². The van der Waals surface area contributed by atoms with Gasteiger partial charge < -0.3 is 9.84 Å². The molecule has 2 aliphatic rings. The Morgan fingerprint density at radius 1 is 1.27 bits per heavy atom. The molecule has 3 rings (SSSR count). The number of amides is 3. The van der Waals surface area contributed by atoms with Crippen LogP contribution in [0.4, 0.5) is 10.5 Å². The third kappa shape index (κ3) is 3.17. The number of anilines is 1. The Bertz CT molecular complexity index is 720. The monoisotopic (exact) mass is 361 g/mol. The summed E-state index contributed by atoms with van der Waals surface area (Å²) in [5.41, 5.74) is 1.71. The smallest absolute Gasteiger partial charge is 0.333 e. The van der Waals surface area contributed by atoms with Gasteiger partial charge in [-0.15, -0.1) is 0 Å². The van der Waals surface area contributed by atoms with E-state index in [2.05, 4.69) is 0 Å². The maximum atomic E-state index is 12.9. The summed E-state index contributed by atoms with van der Waals surface area (Å²) in [6, 6.07) is 5.64. The number of likely N-dealkylation sites (tertiary alicyclic amines) is 1. The number of aliphatic hydroxyl groups excluding tert-OH is 1. The minimum atomic E-state index is -0.697. The summed E-state index contributed by atoms with van der Waals surface area (Å²) in [5.74, 6) is -0.815. The largest absolute Gasteiger partial charge is 0.468 e. The number of urea groups is 1. The maximum absolute atomic E-state index is 12.9. The lowest BCUT2D eigenvalue weighted by molar-refractivity contribution is -0.147. The van der Waals surface area contributed by atoms with Crippen LogP contribution in [0.1, 0.15) is 18.9 Å². The van der Waals surface area contributed by atoms with Crippen LogP contribution in [0, 0.1) is 6.92 Å². The summed E-state index contributed by atoms with van der Waals surface area (Å²) in [6.45, 7) is 3.77. The molecule has 1 N–H and O–H groups in total. The highest BCUT2D eigenvalue weighted by atomic mass is 16.5. The fourth-order valence-corrected chi connectivity index (χ4v) is 3.49. The summed E-state index contributed by atoms with van der Waals surface area (Å²) in [6.07, 6.45) is -0.474. The van der Waals surface area contributed by atoms with Crippen molar-refractivity contribution in [1.29, 1.82) is 0 Å². The number of imide groups is 1. The Labute approximate surface area is 151 Å². The molecule has 0 aliphatic carbocycles. The van der Waals surface area contributed by atoms with Gasteiger partial charge in [-0.25, -0.2) is 9.69 Å². The topological polar surface area (TPSA) is 90.4 Å². The zero-order valence-corrected chi connectivity index (χ0v) is 15.1. The molecular weight excluding hydrogens is 338 g/mol. The van der Waals surface area contributed by atoms with Gasteiger partial charge in [0.25, 0.3) is 5.91 Å². The molecule has 1 aromatic carbocycles. The average Bonchev–Trinajstić information content (AvgIpc) is 3.08. The molecule has 0 unspecified atom stereocenters. The number of hydrogen-bond donors (Lipinski definition) is 1. The molecule has 3 atom stereocenters. The molecule has 8 heteroatoms. The summed E-state index contributed by atoms with van der Waals surface area (Å²) >= 11 is 0. The van der Waals surface area contributed by atoms with Gasteiger partial charge in [-0.2, -0.15) is 0 Å². The van der Waals surface area contributed by atoms with Crippen molar-refractivity contribution in [3.8, 4) is 0 Å². The molecule has 0 radical (unpaired) electrons. The molecule has 2 saturated heterocycles. The highest BCUT2D eigenvalue weighted by Gasteiger charge is 2.46. The molecule has 140 valence electrons.